The molecule has 0 aliphatic rings. The molecular formula is C14H18ClNO. The second kappa shape index (κ2) is 4.35. The Bertz CT molecular complexity index is 569. The Hall–Kier alpha value is -0.990. The molecule has 0 saturated heterocycles. The molecule has 0 bridgehead atoms. The molecule has 1 aromatic heterocycles. The van der Waals surface area contributed by atoms with Gasteiger partial charge in [0.15, 0.2) is 0 Å². The van der Waals surface area contributed by atoms with Crippen LogP contribution in [0.4, 0.5) is 0 Å². The second-order valence-electron chi connectivity index (χ2n) is 4.80. The summed E-state index contributed by atoms with van der Waals surface area (Å²) in [6.07, 6.45) is 0. The number of halogens is 1. The molecule has 0 radical (unpaired) electrons. The summed E-state index contributed by atoms with van der Waals surface area (Å²) >= 11 is 6.31. The summed E-state index contributed by atoms with van der Waals surface area (Å²) in [5.41, 5.74) is 9.98. The van der Waals surface area contributed by atoms with Crippen molar-refractivity contribution in [2.75, 3.05) is 0 Å². The molecule has 2 nitrogen and oxygen atoms in total. The van der Waals surface area contributed by atoms with E-state index in [4.69, 9.17) is 21.8 Å². The highest BCUT2D eigenvalue weighted by Gasteiger charge is 2.19. The zero-order chi connectivity index (χ0) is 12.7. The van der Waals surface area contributed by atoms with E-state index in [0.29, 0.717) is 12.5 Å². The van der Waals surface area contributed by atoms with Crippen LogP contribution in [-0.2, 0) is 6.54 Å². The number of hydrogen-bond donors (Lipinski definition) is 1. The smallest absolute Gasteiger partial charge is 0.135 e. The van der Waals surface area contributed by atoms with E-state index in [1.165, 1.54) is 5.56 Å². The van der Waals surface area contributed by atoms with Gasteiger partial charge in [-0.05, 0) is 37.0 Å². The van der Waals surface area contributed by atoms with Gasteiger partial charge in [-0.3, -0.25) is 0 Å². The Balaban J connectivity index is 2.90. The van der Waals surface area contributed by atoms with Crippen molar-refractivity contribution in [3.63, 3.8) is 0 Å². The van der Waals surface area contributed by atoms with Gasteiger partial charge < -0.3 is 10.2 Å². The summed E-state index contributed by atoms with van der Waals surface area (Å²) in [6, 6.07) is 2.00. The molecule has 2 rings (SSSR count). The molecule has 1 aromatic carbocycles. The van der Waals surface area contributed by atoms with Crippen LogP contribution in [0, 0.1) is 13.8 Å². The third-order valence-corrected chi connectivity index (χ3v) is 3.79. The summed E-state index contributed by atoms with van der Waals surface area (Å²) < 4.78 is 5.84. The number of benzene rings is 1. The van der Waals surface area contributed by atoms with Crippen molar-refractivity contribution in [3.8, 4) is 0 Å². The van der Waals surface area contributed by atoms with Gasteiger partial charge in [-0.1, -0.05) is 25.4 Å². The Labute approximate surface area is 107 Å². The zero-order valence-corrected chi connectivity index (χ0v) is 11.5. The molecule has 0 aliphatic carbocycles. The predicted octanol–water partition coefficient (Wildman–Crippen LogP) is 4.29. The van der Waals surface area contributed by atoms with Crippen LogP contribution in [0.5, 0.6) is 0 Å². The van der Waals surface area contributed by atoms with Crippen LogP contribution >= 0.6 is 11.6 Å². The van der Waals surface area contributed by atoms with E-state index in [0.717, 1.165) is 32.9 Å². The predicted molar refractivity (Wildman–Crippen MR) is 72.7 cm³/mol. The quantitative estimate of drug-likeness (QED) is 0.865. The van der Waals surface area contributed by atoms with E-state index in [1.54, 1.807) is 0 Å². The summed E-state index contributed by atoms with van der Waals surface area (Å²) in [6.45, 7) is 8.76. The van der Waals surface area contributed by atoms with E-state index >= 15 is 0 Å². The molecule has 0 atom stereocenters. The Morgan fingerprint density at radius 1 is 1.35 bits per heavy atom. The molecule has 2 N–H and O–H groups in total. The fraction of sp³-hybridized carbons (Fsp3) is 0.429. The number of furan rings is 1. The van der Waals surface area contributed by atoms with E-state index in [2.05, 4.69) is 13.8 Å². The molecule has 92 valence electrons. The summed E-state index contributed by atoms with van der Waals surface area (Å²) in [5.74, 6) is 1.26. The minimum atomic E-state index is 0.382. The maximum atomic E-state index is 6.31. The SMILES string of the molecule is Cc1cc2oc(CN)c(C(C)C)c2c(C)c1Cl. The van der Waals surface area contributed by atoms with Gasteiger partial charge in [0.1, 0.15) is 11.3 Å². The number of nitrogens with two attached hydrogens (primary N) is 1. The van der Waals surface area contributed by atoms with Gasteiger partial charge in [0.2, 0.25) is 0 Å². The molecule has 17 heavy (non-hydrogen) atoms. The summed E-state index contributed by atoms with van der Waals surface area (Å²) in [5, 5.41) is 1.96. The summed E-state index contributed by atoms with van der Waals surface area (Å²) in [4.78, 5) is 0. The molecule has 0 unspecified atom stereocenters. The van der Waals surface area contributed by atoms with Crippen LogP contribution in [-0.4, -0.2) is 0 Å². The number of hydrogen-bond acceptors (Lipinski definition) is 2. The van der Waals surface area contributed by atoms with Crippen molar-refractivity contribution in [1.29, 1.82) is 0 Å². The first-order valence-corrected chi connectivity index (χ1v) is 6.26. The maximum absolute atomic E-state index is 6.31. The van der Waals surface area contributed by atoms with Crippen LogP contribution in [0.2, 0.25) is 5.02 Å². The van der Waals surface area contributed by atoms with Crippen LogP contribution in [0.15, 0.2) is 10.5 Å². The average molecular weight is 252 g/mol. The zero-order valence-electron chi connectivity index (χ0n) is 10.7. The molecule has 0 spiro atoms. The molecule has 0 aliphatic heterocycles. The lowest BCUT2D eigenvalue weighted by Gasteiger charge is -2.08. The van der Waals surface area contributed by atoms with Crippen molar-refractivity contribution < 1.29 is 4.42 Å². The van der Waals surface area contributed by atoms with Crippen LogP contribution in [0.3, 0.4) is 0 Å². The Morgan fingerprint density at radius 2 is 2.00 bits per heavy atom. The monoisotopic (exact) mass is 251 g/mol. The number of fused-ring (bicyclic) bond motifs is 1. The minimum Gasteiger partial charge on any atom is -0.459 e. The fourth-order valence-electron chi connectivity index (χ4n) is 2.43. The van der Waals surface area contributed by atoms with Crippen LogP contribution < -0.4 is 5.73 Å². The highest BCUT2D eigenvalue weighted by Crippen LogP contribution is 2.37. The van der Waals surface area contributed by atoms with Gasteiger partial charge in [-0.25, -0.2) is 0 Å². The van der Waals surface area contributed by atoms with E-state index < -0.39 is 0 Å². The first-order chi connectivity index (χ1) is 7.97. The highest BCUT2D eigenvalue weighted by atomic mass is 35.5. The van der Waals surface area contributed by atoms with Crippen molar-refractivity contribution in [2.45, 2.75) is 40.2 Å². The maximum Gasteiger partial charge on any atom is 0.135 e. The average Bonchev–Trinajstić information content (AvgIpc) is 2.64. The van der Waals surface area contributed by atoms with Gasteiger partial charge in [-0.15, -0.1) is 0 Å². The Morgan fingerprint density at radius 3 is 2.53 bits per heavy atom. The van der Waals surface area contributed by atoms with E-state index in [1.807, 2.05) is 19.9 Å². The van der Waals surface area contributed by atoms with Crippen molar-refractivity contribution in [3.05, 3.63) is 33.5 Å². The molecule has 3 heteroatoms. The van der Waals surface area contributed by atoms with Gasteiger partial charge in [0, 0.05) is 16.0 Å². The third kappa shape index (κ3) is 1.85. The van der Waals surface area contributed by atoms with E-state index in [-0.39, 0.29) is 0 Å². The largest absolute Gasteiger partial charge is 0.459 e. The molecule has 0 fully saturated rings. The normalized spacial score (nSPS) is 11.7. The van der Waals surface area contributed by atoms with E-state index in [9.17, 15) is 0 Å². The first kappa shape index (κ1) is 12.5. The summed E-state index contributed by atoms with van der Waals surface area (Å²) in [7, 11) is 0. The minimum absolute atomic E-state index is 0.382. The fourth-order valence-corrected chi connectivity index (χ4v) is 2.58. The Kier molecular flexibility index (Phi) is 3.19. The lowest BCUT2D eigenvalue weighted by Crippen LogP contribution is -2.00. The van der Waals surface area contributed by atoms with Gasteiger partial charge in [0.05, 0.1) is 6.54 Å². The molecule has 0 amide bonds. The van der Waals surface area contributed by atoms with Crippen molar-refractivity contribution >= 4 is 22.6 Å². The van der Waals surface area contributed by atoms with Crippen molar-refractivity contribution in [2.24, 2.45) is 5.73 Å². The van der Waals surface area contributed by atoms with Crippen LogP contribution in [0.1, 0.15) is 42.2 Å². The standard InChI is InChI=1S/C14H18ClNO/c1-7(2)12-11(6-16)17-10-5-8(3)14(15)9(4)13(10)12/h5,7H,6,16H2,1-4H3. The third-order valence-electron chi connectivity index (χ3n) is 3.21. The van der Waals surface area contributed by atoms with Gasteiger partial charge in [-0.2, -0.15) is 0 Å². The topological polar surface area (TPSA) is 39.2 Å². The first-order valence-electron chi connectivity index (χ1n) is 5.88. The number of aryl methyl sites for hydroxylation is 2. The number of rotatable bonds is 2. The van der Waals surface area contributed by atoms with Gasteiger partial charge in [0.25, 0.3) is 0 Å². The molecule has 0 saturated carbocycles. The lowest BCUT2D eigenvalue weighted by molar-refractivity contribution is 0.541. The van der Waals surface area contributed by atoms with Crippen LogP contribution in [0.25, 0.3) is 11.0 Å². The lowest BCUT2D eigenvalue weighted by atomic mass is 9.95. The van der Waals surface area contributed by atoms with Gasteiger partial charge >= 0.3 is 0 Å². The molecular weight excluding hydrogens is 234 g/mol. The highest BCUT2D eigenvalue weighted by molar-refractivity contribution is 6.33. The second-order valence-corrected chi connectivity index (χ2v) is 5.18. The molecule has 2 aromatic rings. The van der Waals surface area contributed by atoms with Crippen molar-refractivity contribution in [1.82, 2.24) is 0 Å². The molecule has 1 heterocycles.